The highest BCUT2D eigenvalue weighted by Gasteiger charge is 2.48. The lowest BCUT2D eigenvalue weighted by atomic mass is 10.2. The number of rotatable bonds is 7. The number of hydrogen-bond acceptors (Lipinski definition) is 6. The Bertz CT molecular complexity index is 427. The number of alkyl halides is 3. The SMILES string of the molecule is CCC(OC(=O)C(C)(C)I)(OC(=O)C(C)(C)I)OC(=O)C(C)(C)I. The van der Waals surface area contributed by atoms with Crippen molar-refractivity contribution in [2.24, 2.45) is 0 Å². The maximum atomic E-state index is 12.3. The van der Waals surface area contributed by atoms with Gasteiger partial charge in [-0.1, -0.05) is 74.7 Å². The molecule has 0 radical (unpaired) electrons. The second-order valence-corrected chi connectivity index (χ2v) is 14.7. The van der Waals surface area contributed by atoms with Gasteiger partial charge in [0, 0.05) is 0 Å². The van der Waals surface area contributed by atoms with Crippen molar-refractivity contribution in [3.63, 3.8) is 0 Å². The summed E-state index contributed by atoms with van der Waals surface area (Å²) in [7, 11) is 0. The van der Waals surface area contributed by atoms with Crippen LogP contribution >= 0.6 is 67.8 Å². The van der Waals surface area contributed by atoms with Gasteiger partial charge >= 0.3 is 23.9 Å². The monoisotopic (exact) mass is 680 g/mol. The molecule has 0 heterocycles. The molecule has 0 spiro atoms. The second-order valence-electron chi connectivity index (χ2n) is 6.62. The van der Waals surface area contributed by atoms with Crippen molar-refractivity contribution in [3.05, 3.63) is 0 Å². The number of hydrogen-bond donors (Lipinski definition) is 0. The summed E-state index contributed by atoms with van der Waals surface area (Å²) in [4.78, 5) is 36.9. The number of ether oxygens (including phenoxy) is 3. The second kappa shape index (κ2) is 8.53. The largest absolute Gasteiger partial charge is 0.423 e. The number of carbonyl (C=O) groups excluding carboxylic acids is 3. The van der Waals surface area contributed by atoms with Gasteiger partial charge in [-0.3, -0.25) is 14.4 Å². The highest BCUT2D eigenvalue weighted by Crippen LogP contribution is 2.32. The maximum absolute atomic E-state index is 12.3. The molecule has 0 aromatic heterocycles. The van der Waals surface area contributed by atoms with E-state index in [4.69, 9.17) is 14.2 Å². The summed E-state index contributed by atoms with van der Waals surface area (Å²) < 4.78 is 13.4. The molecular formula is C15H23I3O6. The van der Waals surface area contributed by atoms with Gasteiger partial charge in [0.25, 0.3) is 0 Å². The molecule has 24 heavy (non-hydrogen) atoms. The molecule has 0 aromatic carbocycles. The molecule has 0 bridgehead atoms. The van der Waals surface area contributed by atoms with Crippen LogP contribution in [-0.4, -0.2) is 34.1 Å². The molecule has 0 unspecified atom stereocenters. The minimum absolute atomic E-state index is 0.0254. The van der Waals surface area contributed by atoms with E-state index in [9.17, 15) is 14.4 Å². The first-order chi connectivity index (χ1) is 10.4. The summed E-state index contributed by atoms with van der Waals surface area (Å²) in [6, 6.07) is 0. The molecular weight excluding hydrogens is 657 g/mol. The molecule has 0 saturated carbocycles. The molecule has 0 saturated heterocycles. The van der Waals surface area contributed by atoms with Crippen LogP contribution in [0.3, 0.4) is 0 Å². The third kappa shape index (κ3) is 7.87. The van der Waals surface area contributed by atoms with Gasteiger partial charge in [0.15, 0.2) is 0 Å². The zero-order valence-corrected chi connectivity index (χ0v) is 21.3. The van der Waals surface area contributed by atoms with E-state index in [1.807, 2.05) is 67.8 Å². The van der Waals surface area contributed by atoms with Crippen LogP contribution in [0.25, 0.3) is 0 Å². The molecule has 0 amide bonds. The highest BCUT2D eigenvalue weighted by atomic mass is 127. The molecule has 0 N–H and O–H groups in total. The summed E-state index contributed by atoms with van der Waals surface area (Å²) in [5.74, 6) is -4.03. The van der Waals surface area contributed by atoms with Gasteiger partial charge in [-0.15, -0.1) is 0 Å². The van der Waals surface area contributed by atoms with E-state index >= 15 is 0 Å². The van der Waals surface area contributed by atoms with Gasteiger partial charge < -0.3 is 14.2 Å². The van der Waals surface area contributed by atoms with E-state index in [1.54, 1.807) is 48.5 Å². The van der Waals surface area contributed by atoms with Crippen molar-refractivity contribution in [1.29, 1.82) is 0 Å². The van der Waals surface area contributed by atoms with Crippen molar-refractivity contribution < 1.29 is 28.6 Å². The fourth-order valence-corrected chi connectivity index (χ4v) is 1.40. The molecule has 0 aromatic rings. The van der Waals surface area contributed by atoms with Gasteiger partial charge in [0.05, 0.1) is 6.42 Å². The summed E-state index contributed by atoms with van der Waals surface area (Å²) in [6.07, 6.45) is -0.0254. The van der Waals surface area contributed by atoms with Gasteiger partial charge in [-0.2, -0.15) is 0 Å². The lowest BCUT2D eigenvalue weighted by molar-refractivity contribution is -0.332. The quantitative estimate of drug-likeness (QED) is 0.173. The van der Waals surface area contributed by atoms with Gasteiger partial charge in [-0.25, -0.2) is 0 Å². The number of carbonyl (C=O) groups is 3. The molecule has 0 aliphatic carbocycles. The molecule has 0 aliphatic heterocycles. The molecule has 0 atom stereocenters. The van der Waals surface area contributed by atoms with E-state index in [0.29, 0.717) is 0 Å². The fourth-order valence-electron chi connectivity index (χ4n) is 1.07. The summed E-state index contributed by atoms with van der Waals surface area (Å²) >= 11 is 5.70. The Balaban J connectivity index is 5.73. The van der Waals surface area contributed by atoms with Crippen molar-refractivity contribution in [2.75, 3.05) is 0 Å². The Hall–Kier alpha value is 0.600. The lowest BCUT2D eigenvalue weighted by Crippen LogP contribution is -2.50. The van der Waals surface area contributed by atoms with E-state index in [0.717, 1.165) is 0 Å². The van der Waals surface area contributed by atoms with Crippen LogP contribution in [0.15, 0.2) is 0 Å². The van der Waals surface area contributed by atoms with Gasteiger partial charge in [0.1, 0.15) is 10.3 Å². The van der Waals surface area contributed by atoms with Crippen molar-refractivity contribution >= 4 is 85.7 Å². The van der Waals surface area contributed by atoms with E-state index in [2.05, 4.69) is 0 Å². The predicted octanol–water partition coefficient (Wildman–Crippen LogP) is 4.32. The zero-order chi connectivity index (χ0) is 19.6. The standard InChI is InChI=1S/C15H23I3O6/c1-8-15(22-9(19)12(2,3)16,23-10(20)13(4,5)17)24-11(21)14(6,7)18/h8H2,1-7H3. The lowest BCUT2D eigenvalue weighted by Gasteiger charge is -2.35. The average molecular weight is 680 g/mol. The minimum atomic E-state index is -2.08. The van der Waals surface area contributed by atoms with Crippen LogP contribution in [0.4, 0.5) is 0 Å². The summed E-state index contributed by atoms with van der Waals surface area (Å²) in [5.41, 5.74) is 0. The van der Waals surface area contributed by atoms with E-state index in [-0.39, 0.29) is 6.42 Å². The molecule has 140 valence electrons. The van der Waals surface area contributed by atoms with Crippen molar-refractivity contribution in [2.45, 2.75) is 71.1 Å². The van der Waals surface area contributed by atoms with Crippen molar-refractivity contribution in [1.82, 2.24) is 0 Å². The van der Waals surface area contributed by atoms with Crippen LogP contribution in [0.5, 0.6) is 0 Å². The van der Waals surface area contributed by atoms with Crippen LogP contribution in [-0.2, 0) is 28.6 Å². The molecule has 0 rings (SSSR count). The third-order valence-electron chi connectivity index (χ3n) is 2.63. The number of halogens is 3. The zero-order valence-electron chi connectivity index (χ0n) is 14.8. The first-order valence-electron chi connectivity index (χ1n) is 7.21. The third-order valence-corrected chi connectivity index (χ3v) is 3.96. The Morgan fingerprint density at radius 2 is 0.875 bits per heavy atom. The molecule has 6 nitrogen and oxygen atoms in total. The summed E-state index contributed by atoms with van der Waals surface area (Å²) in [6.45, 7) is 11.5. The van der Waals surface area contributed by atoms with Crippen LogP contribution in [0, 0.1) is 0 Å². The smallest absolute Gasteiger partial charge is 0.387 e. The van der Waals surface area contributed by atoms with Crippen LogP contribution in [0.1, 0.15) is 54.9 Å². The maximum Gasteiger partial charge on any atom is 0.423 e. The normalized spacial score (nSPS) is 13.2. The topological polar surface area (TPSA) is 78.9 Å². The van der Waals surface area contributed by atoms with E-state index < -0.39 is 34.1 Å². The number of esters is 3. The fraction of sp³-hybridized carbons (Fsp3) is 0.800. The average Bonchev–Trinajstić information content (AvgIpc) is 2.34. The molecule has 0 aliphatic rings. The minimum Gasteiger partial charge on any atom is -0.387 e. The molecule has 0 fully saturated rings. The first kappa shape index (κ1) is 24.6. The summed E-state index contributed by atoms with van der Waals surface area (Å²) in [5, 5.41) is 0. The van der Waals surface area contributed by atoms with Crippen molar-refractivity contribution in [3.8, 4) is 0 Å². The highest BCUT2D eigenvalue weighted by molar-refractivity contribution is 14.1. The van der Waals surface area contributed by atoms with Crippen LogP contribution in [0.2, 0.25) is 0 Å². The van der Waals surface area contributed by atoms with E-state index in [1.165, 1.54) is 0 Å². The predicted molar refractivity (Wildman–Crippen MR) is 116 cm³/mol. The molecule has 9 heteroatoms. The van der Waals surface area contributed by atoms with Gasteiger partial charge in [0.2, 0.25) is 0 Å². The van der Waals surface area contributed by atoms with Crippen LogP contribution < -0.4 is 0 Å². The first-order valence-corrected chi connectivity index (χ1v) is 10.5. The Labute approximate surface area is 183 Å². The Morgan fingerprint density at radius 3 is 1.00 bits per heavy atom. The van der Waals surface area contributed by atoms with Gasteiger partial charge in [-0.05, 0) is 41.5 Å². The Kier molecular flexibility index (Phi) is 8.74. The Morgan fingerprint density at radius 1 is 0.667 bits per heavy atom.